The predicted molar refractivity (Wildman–Crippen MR) is 155 cm³/mol. The second kappa shape index (κ2) is 10.7. The van der Waals surface area contributed by atoms with Crippen LogP contribution in [0.15, 0.2) is 89.9 Å². The van der Waals surface area contributed by atoms with Crippen LogP contribution in [0.5, 0.6) is 5.75 Å². The zero-order valence-corrected chi connectivity index (χ0v) is 22.6. The van der Waals surface area contributed by atoms with E-state index in [0.29, 0.717) is 21.9 Å². The van der Waals surface area contributed by atoms with Gasteiger partial charge in [0, 0.05) is 22.9 Å². The van der Waals surface area contributed by atoms with Crippen molar-refractivity contribution in [2.75, 3.05) is 6.61 Å². The Hall–Kier alpha value is -4.56. The third-order valence-corrected chi connectivity index (χ3v) is 7.43. The summed E-state index contributed by atoms with van der Waals surface area (Å²) in [5.41, 5.74) is 5.23. The van der Waals surface area contributed by atoms with E-state index in [1.807, 2.05) is 96.7 Å². The van der Waals surface area contributed by atoms with Gasteiger partial charge in [0.25, 0.3) is 5.56 Å². The quantitative estimate of drug-likeness (QED) is 0.235. The summed E-state index contributed by atoms with van der Waals surface area (Å²) in [6.07, 6.45) is 5.95. The number of unbranched alkanes of at least 4 members (excludes halogenated alkanes) is 1. The first-order valence-electron chi connectivity index (χ1n) is 13.0. The van der Waals surface area contributed by atoms with Crippen LogP contribution < -0.4 is 14.8 Å². The first kappa shape index (κ1) is 24.8. The number of aromatic nitrogens is 5. The zero-order chi connectivity index (χ0) is 26.8. The molecule has 0 unspecified atom stereocenters. The minimum Gasteiger partial charge on any atom is -0.493 e. The maximum atomic E-state index is 13.3. The van der Waals surface area contributed by atoms with Crippen LogP contribution >= 0.6 is 11.3 Å². The van der Waals surface area contributed by atoms with Crippen molar-refractivity contribution in [3.05, 3.63) is 111 Å². The van der Waals surface area contributed by atoms with Crippen LogP contribution in [0, 0.1) is 6.92 Å². The Labute approximate surface area is 229 Å². The molecule has 0 radical (unpaired) electrons. The minimum absolute atomic E-state index is 0.195. The Morgan fingerprint density at radius 2 is 1.72 bits per heavy atom. The molecule has 3 aromatic carbocycles. The van der Waals surface area contributed by atoms with E-state index in [1.165, 1.54) is 15.9 Å². The van der Waals surface area contributed by atoms with Crippen molar-refractivity contribution in [3.8, 4) is 34.1 Å². The highest BCUT2D eigenvalue weighted by Gasteiger charge is 2.16. The van der Waals surface area contributed by atoms with Gasteiger partial charge in [-0.1, -0.05) is 73.2 Å². The Morgan fingerprint density at radius 1 is 0.949 bits per heavy atom. The third kappa shape index (κ3) is 4.98. The maximum absolute atomic E-state index is 13.3. The van der Waals surface area contributed by atoms with Crippen molar-refractivity contribution < 1.29 is 4.74 Å². The van der Waals surface area contributed by atoms with Gasteiger partial charge in [0.2, 0.25) is 4.96 Å². The van der Waals surface area contributed by atoms with Crippen LogP contribution in [0.2, 0.25) is 0 Å². The van der Waals surface area contributed by atoms with Gasteiger partial charge in [0.05, 0.1) is 16.8 Å². The van der Waals surface area contributed by atoms with E-state index in [4.69, 9.17) is 9.84 Å². The lowest BCUT2D eigenvalue weighted by Crippen LogP contribution is -2.23. The van der Waals surface area contributed by atoms with Crippen molar-refractivity contribution >= 4 is 22.4 Å². The van der Waals surface area contributed by atoms with Crippen LogP contribution in [0.4, 0.5) is 0 Å². The van der Waals surface area contributed by atoms with E-state index < -0.39 is 0 Å². The van der Waals surface area contributed by atoms with Gasteiger partial charge in [-0.25, -0.2) is 4.68 Å². The first-order valence-corrected chi connectivity index (χ1v) is 13.8. The molecule has 0 bridgehead atoms. The summed E-state index contributed by atoms with van der Waals surface area (Å²) in [5.74, 6) is 1.42. The number of para-hydroxylation sites is 1. The fourth-order valence-corrected chi connectivity index (χ4v) is 5.30. The average Bonchev–Trinajstić information content (AvgIpc) is 3.66. The van der Waals surface area contributed by atoms with Gasteiger partial charge in [0.1, 0.15) is 11.4 Å². The largest absolute Gasteiger partial charge is 0.493 e. The molecular weight excluding hydrogens is 506 g/mol. The van der Waals surface area contributed by atoms with Crippen molar-refractivity contribution in [2.45, 2.75) is 26.7 Å². The zero-order valence-electron chi connectivity index (χ0n) is 21.7. The smallest absolute Gasteiger partial charge is 0.291 e. The van der Waals surface area contributed by atoms with Crippen molar-refractivity contribution in [1.82, 2.24) is 24.4 Å². The van der Waals surface area contributed by atoms with E-state index in [0.717, 1.165) is 52.2 Å². The second-order valence-corrected chi connectivity index (χ2v) is 10.3. The SMILES string of the molecule is CCCCOc1ccc(-c2nn(-c3ccccc3)cc2/C=c2/sc3nc(-c4ccccc4)nn3c2=O)cc1C. The lowest BCUT2D eigenvalue weighted by molar-refractivity contribution is 0.307. The highest BCUT2D eigenvalue weighted by molar-refractivity contribution is 7.15. The number of hydrogen-bond donors (Lipinski definition) is 0. The fraction of sp³-hybridized carbons (Fsp3) is 0.161. The molecule has 0 atom stereocenters. The van der Waals surface area contributed by atoms with Crippen LogP contribution in [-0.4, -0.2) is 31.0 Å². The van der Waals surface area contributed by atoms with E-state index in [1.54, 1.807) is 0 Å². The number of nitrogens with zero attached hydrogens (tertiary/aromatic N) is 5. The summed E-state index contributed by atoms with van der Waals surface area (Å²) < 4.78 is 9.74. The van der Waals surface area contributed by atoms with E-state index in [-0.39, 0.29) is 5.56 Å². The molecule has 39 heavy (non-hydrogen) atoms. The maximum Gasteiger partial charge on any atom is 0.291 e. The number of rotatable bonds is 8. The number of benzene rings is 3. The predicted octanol–water partition coefficient (Wildman–Crippen LogP) is 5.71. The Morgan fingerprint density at radius 3 is 2.44 bits per heavy atom. The molecule has 0 saturated carbocycles. The number of aryl methyl sites for hydroxylation is 1. The number of hydrogen-bond acceptors (Lipinski definition) is 6. The van der Waals surface area contributed by atoms with Gasteiger partial charge < -0.3 is 4.74 Å². The molecule has 0 amide bonds. The topological polar surface area (TPSA) is 74.3 Å². The summed E-state index contributed by atoms with van der Waals surface area (Å²) >= 11 is 1.32. The molecule has 0 fully saturated rings. The normalized spacial score (nSPS) is 11.9. The molecule has 6 rings (SSSR count). The number of fused-ring (bicyclic) bond motifs is 1. The van der Waals surface area contributed by atoms with E-state index in [2.05, 4.69) is 23.1 Å². The van der Waals surface area contributed by atoms with Crippen LogP contribution in [-0.2, 0) is 0 Å². The molecule has 194 valence electrons. The standard InChI is InChI=1S/C31H27N5O2S/c1-3-4-17-38-26-16-15-23(18-21(26)2)28-24(20-35(33-28)25-13-9-6-10-14-25)19-27-30(37)36-31(39-27)32-29(34-36)22-11-7-5-8-12-22/h5-16,18-20H,3-4,17H2,1-2H3/b27-19+. The summed E-state index contributed by atoms with van der Waals surface area (Å²) in [6.45, 7) is 4.89. The van der Waals surface area contributed by atoms with Crippen molar-refractivity contribution in [2.24, 2.45) is 0 Å². The molecule has 6 aromatic rings. The van der Waals surface area contributed by atoms with Crippen LogP contribution in [0.3, 0.4) is 0 Å². The third-order valence-electron chi connectivity index (χ3n) is 6.47. The monoisotopic (exact) mass is 533 g/mol. The second-order valence-electron chi connectivity index (χ2n) is 9.31. The molecule has 0 aliphatic carbocycles. The van der Waals surface area contributed by atoms with E-state index >= 15 is 0 Å². The summed E-state index contributed by atoms with van der Waals surface area (Å²) in [6, 6.07) is 25.7. The minimum atomic E-state index is -0.195. The Kier molecular flexibility index (Phi) is 6.77. The van der Waals surface area contributed by atoms with Crippen LogP contribution in [0.25, 0.3) is 39.4 Å². The first-order chi connectivity index (χ1) is 19.1. The molecule has 7 nitrogen and oxygen atoms in total. The van der Waals surface area contributed by atoms with Gasteiger partial charge in [-0.15, -0.1) is 5.10 Å². The molecule has 0 saturated heterocycles. The van der Waals surface area contributed by atoms with E-state index in [9.17, 15) is 4.79 Å². The molecule has 3 heterocycles. The van der Waals surface area contributed by atoms with Gasteiger partial charge in [-0.3, -0.25) is 4.79 Å². The van der Waals surface area contributed by atoms with Gasteiger partial charge in [-0.2, -0.15) is 14.6 Å². The highest BCUT2D eigenvalue weighted by atomic mass is 32.1. The average molecular weight is 534 g/mol. The summed E-state index contributed by atoms with van der Waals surface area (Å²) in [5, 5.41) is 9.41. The van der Waals surface area contributed by atoms with Gasteiger partial charge >= 0.3 is 0 Å². The fourth-order valence-electron chi connectivity index (χ4n) is 4.40. The lowest BCUT2D eigenvalue weighted by Gasteiger charge is -2.10. The van der Waals surface area contributed by atoms with Crippen molar-refractivity contribution in [3.63, 3.8) is 0 Å². The lowest BCUT2D eigenvalue weighted by atomic mass is 10.0. The van der Waals surface area contributed by atoms with Gasteiger partial charge in [-0.05, 0) is 55.3 Å². The van der Waals surface area contributed by atoms with Crippen LogP contribution in [0.1, 0.15) is 30.9 Å². The summed E-state index contributed by atoms with van der Waals surface area (Å²) in [7, 11) is 0. The molecule has 3 aromatic heterocycles. The molecule has 0 aliphatic heterocycles. The number of ether oxygens (including phenoxy) is 1. The van der Waals surface area contributed by atoms with Crippen molar-refractivity contribution in [1.29, 1.82) is 0 Å². The molecule has 8 heteroatoms. The molecular formula is C31H27N5O2S. The Bertz CT molecular complexity index is 1860. The summed E-state index contributed by atoms with van der Waals surface area (Å²) in [4.78, 5) is 18.5. The van der Waals surface area contributed by atoms with Gasteiger partial charge in [0.15, 0.2) is 5.82 Å². The number of thiazole rings is 1. The molecule has 0 N–H and O–H groups in total. The Balaban J connectivity index is 1.44. The molecule has 0 spiro atoms. The molecule has 0 aliphatic rings. The highest BCUT2D eigenvalue weighted by Crippen LogP contribution is 2.29.